The van der Waals surface area contributed by atoms with E-state index >= 15 is 0 Å². The summed E-state index contributed by atoms with van der Waals surface area (Å²) in [7, 11) is 3.31. The number of likely N-dealkylation sites (N-methyl/N-ethyl adjacent to an activating group) is 1. The molecule has 0 bridgehead atoms. The minimum absolute atomic E-state index is 0.112. The van der Waals surface area contributed by atoms with Crippen molar-refractivity contribution >= 4 is 15.9 Å². The monoisotopic (exact) mass is 355 g/mol. The lowest BCUT2D eigenvalue weighted by Gasteiger charge is -2.20. The zero-order valence-corrected chi connectivity index (χ0v) is 13.4. The zero-order valence-electron chi connectivity index (χ0n) is 11.8. The molecule has 0 radical (unpaired) electrons. The van der Waals surface area contributed by atoms with Crippen LogP contribution >= 0.6 is 15.9 Å². The van der Waals surface area contributed by atoms with Crippen LogP contribution in [0.5, 0.6) is 5.75 Å². The SMILES string of the molecule is CNC(Cc1cccc(F)c1)c1cc(Br)c(F)cc1OC. The van der Waals surface area contributed by atoms with Crippen molar-refractivity contribution in [2.24, 2.45) is 0 Å². The summed E-state index contributed by atoms with van der Waals surface area (Å²) in [6.45, 7) is 0. The summed E-state index contributed by atoms with van der Waals surface area (Å²) in [6, 6.07) is 9.36. The maximum absolute atomic E-state index is 13.6. The maximum atomic E-state index is 13.6. The van der Waals surface area contributed by atoms with Crippen molar-refractivity contribution in [3.63, 3.8) is 0 Å². The van der Waals surface area contributed by atoms with Crippen molar-refractivity contribution in [1.82, 2.24) is 5.32 Å². The van der Waals surface area contributed by atoms with Crippen molar-refractivity contribution in [2.45, 2.75) is 12.5 Å². The fraction of sp³-hybridized carbons (Fsp3) is 0.250. The van der Waals surface area contributed by atoms with Crippen molar-refractivity contribution < 1.29 is 13.5 Å². The Morgan fingerprint density at radius 3 is 2.62 bits per heavy atom. The Morgan fingerprint density at radius 2 is 2.00 bits per heavy atom. The molecule has 0 aliphatic heterocycles. The fourth-order valence-electron chi connectivity index (χ4n) is 2.26. The molecule has 0 amide bonds. The highest BCUT2D eigenvalue weighted by Gasteiger charge is 2.18. The first-order valence-electron chi connectivity index (χ1n) is 6.49. The minimum atomic E-state index is -0.379. The summed E-state index contributed by atoms with van der Waals surface area (Å²) in [5.74, 6) is -0.183. The van der Waals surface area contributed by atoms with Crippen LogP contribution in [0.3, 0.4) is 0 Å². The average molecular weight is 356 g/mol. The largest absolute Gasteiger partial charge is 0.496 e. The van der Waals surface area contributed by atoms with Crippen LogP contribution in [0.4, 0.5) is 8.78 Å². The van der Waals surface area contributed by atoms with Crippen molar-refractivity contribution in [3.8, 4) is 5.75 Å². The van der Waals surface area contributed by atoms with Crippen LogP contribution in [0.2, 0.25) is 0 Å². The normalized spacial score (nSPS) is 12.2. The molecule has 2 aromatic carbocycles. The molecule has 0 aliphatic carbocycles. The molecule has 1 unspecified atom stereocenters. The van der Waals surface area contributed by atoms with Gasteiger partial charge in [0.15, 0.2) is 0 Å². The molecule has 2 nitrogen and oxygen atoms in total. The highest BCUT2D eigenvalue weighted by Crippen LogP contribution is 2.32. The molecule has 0 aromatic heterocycles. The number of methoxy groups -OCH3 is 1. The van der Waals surface area contributed by atoms with E-state index in [1.807, 2.05) is 6.07 Å². The van der Waals surface area contributed by atoms with E-state index in [2.05, 4.69) is 21.2 Å². The third kappa shape index (κ3) is 3.80. The van der Waals surface area contributed by atoms with Crippen LogP contribution in [0.15, 0.2) is 40.9 Å². The van der Waals surface area contributed by atoms with Crippen LogP contribution in [-0.2, 0) is 6.42 Å². The molecule has 0 heterocycles. The van der Waals surface area contributed by atoms with Gasteiger partial charge >= 0.3 is 0 Å². The molecule has 0 fully saturated rings. The number of hydrogen-bond acceptors (Lipinski definition) is 2. The molecule has 5 heteroatoms. The summed E-state index contributed by atoms with van der Waals surface area (Å²) in [6.07, 6.45) is 0.572. The lowest BCUT2D eigenvalue weighted by atomic mass is 9.98. The quantitative estimate of drug-likeness (QED) is 0.865. The topological polar surface area (TPSA) is 21.3 Å². The van der Waals surface area contributed by atoms with E-state index < -0.39 is 0 Å². The van der Waals surface area contributed by atoms with Crippen LogP contribution in [0.25, 0.3) is 0 Å². The van der Waals surface area contributed by atoms with Crippen LogP contribution < -0.4 is 10.1 Å². The molecule has 2 rings (SSSR count). The fourth-order valence-corrected chi connectivity index (χ4v) is 2.62. The highest BCUT2D eigenvalue weighted by molar-refractivity contribution is 9.10. The predicted octanol–water partition coefficient (Wildman–Crippen LogP) is 4.24. The second kappa shape index (κ2) is 7.00. The highest BCUT2D eigenvalue weighted by atomic mass is 79.9. The van der Waals surface area contributed by atoms with E-state index in [4.69, 9.17) is 4.74 Å². The first-order chi connectivity index (χ1) is 10.0. The van der Waals surface area contributed by atoms with Gasteiger partial charge < -0.3 is 10.1 Å². The first-order valence-corrected chi connectivity index (χ1v) is 7.29. The molecular formula is C16H16BrF2NO. The number of hydrogen-bond donors (Lipinski definition) is 1. The number of nitrogens with one attached hydrogen (secondary N) is 1. The summed E-state index contributed by atoms with van der Waals surface area (Å²) in [4.78, 5) is 0. The van der Waals surface area contributed by atoms with Crippen molar-refractivity contribution in [2.75, 3.05) is 14.2 Å². The number of benzene rings is 2. The third-order valence-electron chi connectivity index (χ3n) is 3.33. The Bertz CT molecular complexity index is 634. The molecule has 0 saturated heterocycles. The predicted molar refractivity (Wildman–Crippen MR) is 82.6 cm³/mol. The van der Waals surface area contributed by atoms with Gasteiger partial charge in [0.2, 0.25) is 0 Å². The van der Waals surface area contributed by atoms with Gasteiger partial charge in [0.25, 0.3) is 0 Å². The van der Waals surface area contributed by atoms with E-state index in [1.54, 1.807) is 19.2 Å². The Labute approximate surface area is 131 Å². The Hall–Kier alpha value is -1.46. The Balaban J connectivity index is 2.35. The number of ether oxygens (including phenoxy) is 1. The molecule has 2 aromatic rings. The lowest BCUT2D eigenvalue weighted by molar-refractivity contribution is 0.397. The van der Waals surface area contributed by atoms with Crippen LogP contribution in [0, 0.1) is 11.6 Å². The molecule has 21 heavy (non-hydrogen) atoms. The van der Waals surface area contributed by atoms with Gasteiger partial charge in [-0.2, -0.15) is 0 Å². The first kappa shape index (κ1) is 15.9. The average Bonchev–Trinajstić information content (AvgIpc) is 2.47. The second-order valence-electron chi connectivity index (χ2n) is 4.68. The minimum Gasteiger partial charge on any atom is -0.496 e. The van der Waals surface area contributed by atoms with Crippen LogP contribution in [-0.4, -0.2) is 14.2 Å². The van der Waals surface area contributed by atoms with Gasteiger partial charge in [-0.1, -0.05) is 12.1 Å². The lowest BCUT2D eigenvalue weighted by Crippen LogP contribution is -2.20. The molecule has 0 aliphatic rings. The van der Waals surface area contributed by atoms with E-state index in [1.165, 1.54) is 25.3 Å². The van der Waals surface area contributed by atoms with Gasteiger partial charge in [-0.05, 0) is 53.2 Å². The Kier molecular flexibility index (Phi) is 5.31. The molecule has 1 atom stereocenters. The maximum Gasteiger partial charge on any atom is 0.141 e. The van der Waals surface area contributed by atoms with Gasteiger partial charge in [-0.3, -0.25) is 0 Å². The Morgan fingerprint density at radius 1 is 1.24 bits per heavy atom. The summed E-state index contributed by atoms with van der Waals surface area (Å²) < 4.78 is 32.5. The van der Waals surface area contributed by atoms with Gasteiger partial charge in [0.1, 0.15) is 17.4 Å². The van der Waals surface area contributed by atoms with Crippen molar-refractivity contribution in [3.05, 3.63) is 63.6 Å². The summed E-state index contributed by atoms with van der Waals surface area (Å²) in [5, 5.41) is 3.16. The molecule has 112 valence electrons. The summed E-state index contributed by atoms with van der Waals surface area (Å²) in [5.41, 5.74) is 1.68. The molecule has 0 spiro atoms. The number of rotatable bonds is 5. The standard InChI is InChI=1S/C16H16BrF2NO/c1-20-15(7-10-4-3-5-11(18)6-10)12-8-13(17)14(19)9-16(12)21-2/h3-6,8-9,15,20H,7H2,1-2H3. The van der Waals surface area contributed by atoms with Gasteiger partial charge in [-0.15, -0.1) is 0 Å². The molecule has 0 saturated carbocycles. The van der Waals surface area contributed by atoms with E-state index in [-0.39, 0.29) is 17.7 Å². The van der Waals surface area contributed by atoms with E-state index in [0.29, 0.717) is 16.6 Å². The van der Waals surface area contributed by atoms with Crippen LogP contribution in [0.1, 0.15) is 17.2 Å². The van der Waals surface area contributed by atoms with E-state index in [9.17, 15) is 8.78 Å². The van der Waals surface area contributed by atoms with Crippen molar-refractivity contribution in [1.29, 1.82) is 0 Å². The van der Waals surface area contributed by atoms with Gasteiger partial charge in [0, 0.05) is 17.7 Å². The zero-order chi connectivity index (χ0) is 15.4. The smallest absolute Gasteiger partial charge is 0.141 e. The number of halogens is 3. The second-order valence-corrected chi connectivity index (χ2v) is 5.54. The van der Waals surface area contributed by atoms with Gasteiger partial charge in [-0.25, -0.2) is 8.78 Å². The molecular weight excluding hydrogens is 340 g/mol. The van der Waals surface area contributed by atoms with Gasteiger partial charge in [0.05, 0.1) is 11.6 Å². The van der Waals surface area contributed by atoms with E-state index in [0.717, 1.165) is 11.1 Å². The summed E-state index contributed by atoms with van der Waals surface area (Å²) >= 11 is 3.19. The molecule has 1 N–H and O–H groups in total. The third-order valence-corrected chi connectivity index (χ3v) is 3.93.